The molecule has 0 saturated heterocycles. The van der Waals surface area contributed by atoms with Crippen molar-refractivity contribution in [1.82, 2.24) is 14.3 Å². The number of aliphatic imine (C=N–C) groups is 1. The highest BCUT2D eigenvalue weighted by atomic mass is 35.5. The molecule has 106 valence electrons. The second kappa shape index (κ2) is 5.97. The molecule has 3 aromatic rings. The number of hydrogen-bond donors (Lipinski definition) is 0. The van der Waals surface area contributed by atoms with Crippen LogP contribution in [0, 0.1) is 0 Å². The summed E-state index contributed by atoms with van der Waals surface area (Å²) in [5.74, 6) is 1.03. The molecule has 0 spiro atoms. The van der Waals surface area contributed by atoms with Gasteiger partial charge in [-0.2, -0.15) is 5.10 Å². The van der Waals surface area contributed by atoms with E-state index in [2.05, 4.69) is 10.1 Å². The Labute approximate surface area is 128 Å². The molecule has 0 saturated carbocycles. The summed E-state index contributed by atoms with van der Waals surface area (Å²) in [7, 11) is 1.93. The monoisotopic (exact) mass is 298 g/mol. The minimum atomic E-state index is 0.577. The van der Waals surface area contributed by atoms with Gasteiger partial charge in [0, 0.05) is 36.2 Å². The van der Waals surface area contributed by atoms with Crippen LogP contribution in [0.5, 0.6) is 0 Å². The maximum Gasteiger partial charge on any atom is 0.139 e. The largest absolute Gasteiger partial charge is 0.309 e. The quantitative estimate of drug-likeness (QED) is 0.679. The Kier molecular flexibility index (Phi) is 3.88. The van der Waals surface area contributed by atoms with Gasteiger partial charge in [-0.1, -0.05) is 23.7 Å². The van der Waals surface area contributed by atoms with Crippen LogP contribution in [0.1, 0.15) is 11.1 Å². The third kappa shape index (κ3) is 3.06. The summed E-state index contributed by atoms with van der Waals surface area (Å²) in [5.41, 5.74) is 2.07. The molecule has 0 aliphatic heterocycles. The van der Waals surface area contributed by atoms with Gasteiger partial charge in [0.25, 0.3) is 0 Å². The van der Waals surface area contributed by atoms with Crippen molar-refractivity contribution in [1.29, 1.82) is 0 Å². The summed E-state index contributed by atoms with van der Waals surface area (Å²) >= 11 is 5.96. The molecule has 0 aliphatic carbocycles. The van der Waals surface area contributed by atoms with E-state index in [1.807, 2.05) is 77.5 Å². The van der Waals surface area contributed by atoms with Crippen molar-refractivity contribution in [2.75, 3.05) is 0 Å². The van der Waals surface area contributed by atoms with Crippen LogP contribution >= 0.6 is 11.6 Å². The van der Waals surface area contributed by atoms with E-state index in [0.29, 0.717) is 11.6 Å². The van der Waals surface area contributed by atoms with Crippen LogP contribution in [-0.2, 0) is 13.6 Å². The maximum absolute atomic E-state index is 5.96. The van der Waals surface area contributed by atoms with E-state index in [-0.39, 0.29) is 0 Å². The summed E-state index contributed by atoms with van der Waals surface area (Å²) in [6.07, 6.45) is 7.69. The van der Waals surface area contributed by atoms with E-state index in [0.717, 1.165) is 16.9 Å². The van der Waals surface area contributed by atoms with Gasteiger partial charge in [0.2, 0.25) is 0 Å². The summed E-state index contributed by atoms with van der Waals surface area (Å²) in [6, 6.07) is 11.6. The minimum Gasteiger partial charge on any atom is -0.309 e. The number of halogens is 1. The zero-order valence-electron chi connectivity index (χ0n) is 11.6. The van der Waals surface area contributed by atoms with Gasteiger partial charge >= 0.3 is 0 Å². The second-order valence-corrected chi connectivity index (χ2v) is 5.17. The van der Waals surface area contributed by atoms with Crippen LogP contribution in [0.2, 0.25) is 5.02 Å². The maximum atomic E-state index is 5.96. The number of nitrogens with zero attached hydrogens (tertiary/aromatic N) is 4. The summed E-state index contributed by atoms with van der Waals surface area (Å²) in [6.45, 7) is 0.577. The standard InChI is InChI=1S/C16H15ClN4/c1-20-16(21-7-2-3-8-21)14(12-19-20)11-18-10-13-5-4-6-15(17)9-13/h2-10,12H,11H2,1H3. The van der Waals surface area contributed by atoms with E-state index in [4.69, 9.17) is 11.6 Å². The Morgan fingerprint density at radius 1 is 1.24 bits per heavy atom. The van der Waals surface area contributed by atoms with E-state index >= 15 is 0 Å². The van der Waals surface area contributed by atoms with E-state index in [1.54, 1.807) is 0 Å². The van der Waals surface area contributed by atoms with Crippen LogP contribution in [0.15, 0.2) is 60.0 Å². The summed E-state index contributed by atoms with van der Waals surface area (Å²) < 4.78 is 3.89. The lowest BCUT2D eigenvalue weighted by Crippen LogP contribution is -2.02. The zero-order chi connectivity index (χ0) is 14.7. The molecular weight excluding hydrogens is 284 g/mol. The van der Waals surface area contributed by atoms with Gasteiger partial charge in [0.1, 0.15) is 5.82 Å². The van der Waals surface area contributed by atoms with Crippen LogP contribution in [-0.4, -0.2) is 20.6 Å². The normalized spacial score (nSPS) is 11.3. The van der Waals surface area contributed by atoms with Crippen molar-refractivity contribution in [2.45, 2.75) is 6.54 Å². The molecule has 2 aromatic heterocycles. The van der Waals surface area contributed by atoms with Crippen molar-refractivity contribution in [3.63, 3.8) is 0 Å². The first-order chi connectivity index (χ1) is 10.2. The van der Waals surface area contributed by atoms with Gasteiger partial charge in [0.05, 0.1) is 12.7 Å². The SMILES string of the molecule is Cn1ncc(CN=Cc2cccc(Cl)c2)c1-n1cccc1. The average molecular weight is 299 g/mol. The number of rotatable bonds is 4. The van der Waals surface area contributed by atoms with Crippen LogP contribution in [0.4, 0.5) is 0 Å². The number of aryl methyl sites for hydroxylation is 1. The lowest BCUT2D eigenvalue weighted by Gasteiger charge is -2.05. The molecule has 0 atom stereocenters. The molecule has 0 N–H and O–H groups in total. The van der Waals surface area contributed by atoms with Crippen LogP contribution in [0.25, 0.3) is 5.82 Å². The molecular formula is C16H15ClN4. The first-order valence-corrected chi connectivity index (χ1v) is 7.01. The molecule has 5 heteroatoms. The molecule has 0 amide bonds. The van der Waals surface area contributed by atoms with Gasteiger partial charge in [-0.15, -0.1) is 0 Å². The fraction of sp³-hybridized carbons (Fsp3) is 0.125. The molecule has 0 unspecified atom stereocenters. The Hall–Kier alpha value is -2.33. The number of aromatic nitrogens is 3. The van der Waals surface area contributed by atoms with Gasteiger partial charge in [-0.25, -0.2) is 0 Å². The summed E-state index contributed by atoms with van der Waals surface area (Å²) in [5, 5.41) is 5.03. The topological polar surface area (TPSA) is 35.1 Å². The predicted molar refractivity (Wildman–Crippen MR) is 85.3 cm³/mol. The lowest BCUT2D eigenvalue weighted by atomic mass is 10.2. The van der Waals surface area contributed by atoms with Crippen molar-refractivity contribution < 1.29 is 0 Å². The minimum absolute atomic E-state index is 0.577. The number of benzene rings is 1. The smallest absolute Gasteiger partial charge is 0.139 e. The summed E-state index contributed by atoms with van der Waals surface area (Å²) in [4.78, 5) is 4.49. The first kappa shape index (κ1) is 13.6. The molecule has 0 fully saturated rings. The molecule has 0 bridgehead atoms. The third-order valence-corrected chi connectivity index (χ3v) is 3.42. The Balaban J connectivity index is 1.80. The fourth-order valence-corrected chi connectivity index (χ4v) is 2.43. The highest BCUT2D eigenvalue weighted by Crippen LogP contribution is 2.15. The second-order valence-electron chi connectivity index (χ2n) is 4.73. The molecule has 1 aromatic carbocycles. The molecule has 3 rings (SSSR count). The molecule has 0 aliphatic rings. The van der Waals surface area contributed by atoms with E-state index in [9.17, 15) is 0 Å². The Morgan fingerprint density at radius 3 is 2.81 bits per heavy atom. The zero-order valence-corrected chi connectivity index (χ0v) is 12.4. The lowest BCUT2D eigenvalue weighted by molar-refractivity contribution is 0.728. The number of hydrogen-bond acceptors (Lipinski definition) is 2. The van der Waals surface area contributed by atoms with Crippen molar-refractivity contribution in [3.05, 3.63) is 71.1 Å². The van der Waals surface area contributed by atoms with E-state index in [1.165, 1.54) is 0 Å². The van der Waals surface area contributed by atoms with Gasteiger partial charge in [-0.05, 0) is 29.8 Å². The van der Waals surface area contributed by atoms with Crippen molar-refractivity contribution >= 4 is 17.8 Å². The fourth-order valence-electron chi connectivity index (χ4n) is 2.23. The molecule has 2 heterocycles. The predicted octanol–water partition coefficient (Wildman–Crippen LogP) is 3.48. The average Bonchev–Trinajstić information content (AvgIpc) is 3.09. The van der Waals surface area contributed by atoms with Gasteiger partial charge < -0.3 is 4.57 Å². The third-order valence-electron chi connectivity index (χ3n) is 3.18. The molecule has 4 nitrogen and oxygen atoms in total. The Bertz CT molecular complexity index is 756. The molecule has 21 heavy (non-hydrogen) atoms. The van der Waals surface area contributed by atoms with Crippen molar-refractivity contribution in [2.24, 2.45) is 12.0 Å². The van der Waals surface area contributed by atoms with Crippen LogP contribution in [0.3, 0.4) is 0 Å². The highest BCUT2D eigenvalue weighted by molar-refractivity contribution is 6.30. The highest BCUT2D eigenvalue weighted by Gasteiger charge is 2.08. The van der Waals surface area contributed by atoms with Gasteiger partial charge in [-0.3, -0.25) is 9.67 Å². The molecule has 0 radical (unpaired) electrons. The first-order valence-electron chi connectivity index (χ1n) is 6.63. The van der Waals surface area contributed by atoms with Crippen LogP contribution < -0.4 is 0 Å². The van der Waals surface area contributed by atoms with Crippen molar-refractivity contribution in [3.8, 4) is 5.82 Å². The van der Waals surface area contributed by atoms with E-state index < -0.39 is 0 Å². The van der Waals surface area contributed by atoms with Gasteiger partial charge in [0.15, 0.2) is 0 Å². The Morgan fingerprint density at radius 2 is 2.05 bits per heavy atom.